The molecule has 0 atom stereocenters. The van der Waals surface area contributed by atoms with Gasteiger partial charge in [0.1, 0.15) is 5.82 Å². The van der Waals surface area contributed by atoms with Crippen LogP contribution in [0.4, 0.5) is 4.39 Å². The van der Waals surface area contributed by atoms with Crippen LogP contribution in [0.1, 0.15) is 27.3 Å². The van der Waals surface area contributed by atoms with Crippen molar-refractivity contribution >= 4 is 17.5 Å². The van der Waals surface area contributed by atoms with E-state index in [1.165, 1.54) is 23.9 Å². The minimum Gasteiger partial charge on any atom is -0.348 e. The van der Waals surface area contributed by atoms with Crippen molar-refractivity contribution in [2.24, 2.45) is 0 Å². The summed E-state index contributed by atoms with van der Waals surface area (Å²) in [5.74, 6) is 0.0460. The molecule has 31 heavy (non-hydrogen) atoms. The predicted octanol–water partition coefficient (Wildman–Crippen LogP) is 4.44. The lowest BCUT2D eigenvalue weighted by atomic mass is 10.1. The van der Waals surface area contributed by atoms with Gasteiger partial charge < -0.3 is 4.57 Å². The van der Waals surface area contributed by atoms with Gasteiger partial charge in [-0.05, 0) is 66.6 Å². The molecule has 4 aromatic rings. The molecule has 0 aliphatic heterocycles. The maximum absolute atomic E-state index is 13.1. The number of aryl methyl sites for hydroxylation is 2. The van der Waals surface area contributed by atoms with E-state index >= 15 is 0 Å². The topological polar surface area (TPSA) is 65.6 Å². The van der Waals surface area contributed by atoms with E-state index < -0.39 is 0 Å². The highest BCUT2D eigenvalue weighted by Crippen LogP contribution is 2.22. The molecule has 0 aliphatic rings. The lowest BCUT2D eigenvalue weighted by Crippen LogP contribution is -2.09. The summed E-state index contributed by atoms with van der Waals surface area (Å²) in [6, 6.07) is 18.0. The second-order valence-corrected chi connectivity index (χ2v) is 8.18. The lowest BCUT2D eigenvalue weighted by Gasteiger charge is -2.10. The molecule has 8 heteroatoms. The number of rotatable bonds is 8. The number of nitrogens with zero attached hydrogens (tertiary/aromatic N) is 5. The maximum atomic E-state index is 13.1. The van der Waals surface area contributed by atoms with Gasteiger partial charge in [0.05, 0.1) is 11.4 Å². The molecule has 158 valence electrons. The molecular weight excluding hydrogens is 413 g/mol. The van der Waals surface area contributed by atoms with Gasteiger partial charge in [-0.2, -0.15) is 4.68 Å². The predicted molar refractivity (Wildman–Crippen MR) is 118 cm³/mol. The number of aromatic nitrogens is 5. The van der Waals surface area contributed by atoms with Crippen molar-refractivity contribution in [2.75, 3.05) is 5.75 Å². The highest BCUT2D eigenvalue weighted by Gasteiger charge is 2.18. The van der Waals surface area contributed by atoms with Crippen LogP contribution in [0.25, 0.3) is 5.69 Å². The first-order valence-electron chi connectivity index (χ1n) is 9.94. The Balaban J connectivity index is 1.43. The molecule has 0 aliphatic carbocycles. The normalized spacial score (nSPS) is 11.1. The van der Waals surface area contributed by atoms with Gasteiger partial charge in [-0.1, -0.05) is 42.1 Å². The summed E-state index contributed by atoms with van der Waals surface area (Å²) < 4.78 is 16.9. The van der Waals surface area contributed by atoms with Gasteiger partial charge in [0.25, 0.3) is 0 Å². The van der Waals surface area contributed by atoms with Gasteiger partial charge in [0.15, 0.2) is 5.78 Å². The highest BCUT2D eigenvalue weighted by atomic mass is 32.2. The van der Waals surface area contributed by atoms with E-state index in [-0.39, 0.29) is 17.4 Å². The second-order valence-electron chi connectivity index (χ2n) is 7.23. The van der Waals surface area contributed by atoms with Crippen LogP contribution in [-0.4, -0.2) is 36.3 Å². The third kappa shape index (κ3) is 4.74. The number of thioether (sulfide) groups is 1. The first-order chi connectivity index (χ1) is 15.0. The number of halogens is 1. The van der Waals surface area contributed by atoms with Crippen LogP contribution < -0.4 is 0 Å². The Morgan fingerprint density at radius 3 is 2.55 bits per heavy atom. The number of carbonyl (C=O) groups excluding carboxylic acids is 1. The molecule has 2 aromatic carbocycles. The summed E-state index contributed by atoms with van der Waals surface area (Å²) in [5, 5.41) is 12.4. The largest absolute Gasteiger partial charge is 0.348 e. The number of benzene rings is 2. The van der Waals surface area contributed by atoms with E-state index in [9.17, 15) is 9.18 Å². The van der Waals surface area contributed by atoms with Gasteiger partial charge in [0.2, 0.25) is 5.16 Å². The molecule has 0 radical (unpaired) electrons. The van der Waals surface area contributed by atoms with Crippen molar-refractivity contribution in [1.82, 2.24) is 24.8 Å². The van der Waals surface area contributed by atoms with Gasteiger partial charge in [-0.15, -0.1) is 5.10 Å². The maximum Gasteiger partial charge on any atom is 0.214 e. The average Bonchev–Trinajstić information content (AvgIpc) is 3.37. The first kappa shape index (κ1) is 21.0. The Morgan fingerprint density at radius 2 is 1.81 bits per heavy atom. The average molecular weight is 436 g/mol. The Hall–Kier alpha value is -3.26. The molecule has 2 aromatic heterocycles. The van der Waals surface area contributed by atoms with E-state index in [2.05, 4.69) is 20.1 Å². The Kier molecular flexibility index (Phi) is 6.27. The molecule has 0 fully saturated rings. The van der Waals surface area contributed by atoms with Crippen LogP contribution in [-0.2, 0) is 13.0 Å². The van der Waals surface area contributed by atoms with E-state index in [0.29, 0.717) is 10.7 Å². The molecule has 0 bridgehead atoms. The van der Waals surface area contributed by atoms with Crippen LogP contribution in [0.3, 0.4) is 0 Å². The van der Waals surface area contributed by atoms with Crippen molar-refractivity contribution in [3.05, 3.63) is 89.0 Å². The van der Waals surface area contributed by atoms with Crippen molar-refractivity contribution in [3.63, 3.8) is 0 Å². The monoisotopic (exact) mass is 435 g/mol. The number of hydrogen-bond donors (Lipinski definition) is 0. The molecule has 2 heterocycles. The molecule has 0 saturated heterocycles. The molecule has 4 rings (SSSR count). The number of tetrazole rings is 1. The molecule has 0 N–H and O–H groups in total. The number of carbonyl (C=O) groups is 1. The van der Waals surface area contributed by atoms with Crippen molar-refractivity contribution in [3.8, 4) is 5.69 Å². The third-order valence-corrected chi connectivity index (χ3v) is 6.10. The van der Waals surface area contributed by atoms with Crippen molar-refractivity contribution in [2.45, 2.75) is 32.0 Å². The fourth-order valence-corrected chi connectivity index (χ4v) is 4.30. The minimum atomic E-state index is -0.235. The quantitative estimate of drug-likeness (QED) is 0.302. The fraction of sp³-hybridized carbons (Fsp3) is 0.217. The van der Waals surface area contributed by atoms with E-state index in [1.807, 2.05) is 50.2 Å². The van der Waals surface area contributed by atoms with Gasteiger partial charge >= 0.3 is 0 Å². The molecular formula is C23H22FN5OS. The van der Waals surface area contributed by atoms with Crippen LogP contribution in [0.2, 0.25) is 0 Å². The van der Waals surface area contributed by atoms with Gasteiger partial charge in [0, 0.05) is 23.5 Å². The van der Waals surface area contributed by atoms with Crippen molar-refractivity contribution in [1.29, 1.82) is 0 Å². The van der Waals surface area contributed by atoms with Crippen LogP contribution in [0, 0.1) is 19.7 Å². The minimum absolute atomic E-state index is 0.0359. The van der Waals surface area contributed by atoms with Crippen LogP contribution >= 0.6 is 11.8 Å². The number of Topliss-reactive ketones (excluding diaryl/α,β-unsaturated/α-hetero) is 1. The number of para-hydroxylation sites is 1. The van der Waals surface area contributed by atoms with E-state index in [1.54, 1.807) is 16.8 Å². The summed E-state index contributed by atoms with van der Waals surface area (Å²) >= 11 is 1.32. The summed E-state index contributed by atoms with van der Waals surface area (Å²) in [5.41, 5.74) is 4.59. The highest BCUT2D eigenvalue weighted by molar-refractivity contribution is 7.99. The SMILES string of the molecule is Cc1cc(C(=O)CSc2nnnn2-c2ccccc2)c(C)n1CCc1ccc(F)cc1. The molecule has 0 amide bonds. The van der Waals surface area contributed by atoms with Gasteiger partial charge in [-0.25, -0.2) is 4.39 Å². The Morgan fingerprint density at radius 1 is 1.06 bits per heavy atom. The molecule has 0 unspecified atom stereocenters. The van der Waals surface area contributed by atoms with Crippen LogP contribution in [0.15, 0.2) is 65.8 Å². The Bertz CT molecular complexity index is 1180. The third-order valence-electron chi connectivity index (χ3n) is 5.19. The number of hydrogen-bond acceptors (Lipinski definition) is 5. The van der Waals surface area contributed by atoms with Crippen molar-refractivity contribution < 1.29 is 9.18 Å². The molecule has 0 saturated carbocycles. The summed E-state index contributed by atoms with van der Waals surface area (Å²) in [6.45, 7) is 4.69. The lowest BCUT2D eigenvalue weighted by molar-refractivity contribution is 0.102. The second kappa shape index (κ2) is 9.26. The van der Waals surface area contributed by atoms with Crippen LogP contribution in [0.5, 0.6) is 0 Å². The van der Waals surface area contributed by atoms with Gasteiger partial charge in [-0.3, -0.25) is 4.79 Å². The summed E-state index contributed by atoms with van der Waals surface area (Å²) in [6.07, 6.45) is 0.769. The first-order valence-corrected chi connectivity index (χ1v) is 10.9. The molecule has 6 nitrogen and oxygen atoms in total. The zero-order valence-corrected chi connectivity index (χ0v) is 18.1. The zero-order valence-electron chi connectivity index (χ0n) is 17.3. The number of ketones is 1. The fourth-order valence-electron chi connectivity index (χ4n) is 3.53. The van der Waals surface area contributed by atoms with E-state index in [4.69, 9.17) is 0 Å². The summed E-state index contributed by atoms with van der Waals surface area (Å²) in [4.78, 5) is 12.9. The zero-order chi connectivity index (χ0) is 21.8. The summed E-state index contributed by atoms with van der Waals surface area (Å²) in [7, 11) is 0. The van der Waals surface area contributed by atoms with E-state index in [0.717, 1.165) is 35.6 Å². The smallest absolute Gasteiger partial charge is 0.214 e. The Labute approximate surface area is 184 Å². The standard InChI is InChI=1S/C23H22FN5OS/c1-16-14-21(17(2)28(16)13-12-18-8-10-19(24)11-9-18)22(30)15-31-23-25-26-27-29(23)20-6-4-3-5-7-20/h3-11,14H,12-13,15H2,1-2H3. The molecule has 0 spiro atoms.